The lowest BCUT2D eigenvalue weighted by atomic mass is 10.1. The minimum Gasteiger partial charge on any atom is -0.478 e. The summed E-state index contributed by atoms with van der Waals surface area (Å²) in [5.41, 5.74) is 1.00. The van der Waals surface area contributed by atoms with E-state index in [-0.39, 0.29) is 12.1 Å². The van der Waals surface area contributed by atoms with Crippen LogP contribution in [0, 0.1) is 11.3 Å². The van der Waals surface area contributed by atoms with E-state index in [1.807, 2.05) is 0 Å². The van der Waals surface area contributed by atoms with Gasteiger partial charge in [0.2, 0.25) is 10.0 Å². The molecule has 2 N–H and O–H groups in total. The van der Waals surface area contributed by atoms with Crippen molar-refractivity contribution in [2.45, 2.75) is 6.42 Å². The van der Waals surface area contributed by atoms with E-state index in [0.29, 0.717) is 6.42 Å². The summed E-state index contributed by atoms with van der Waals surface area (Å²) in [5, 5.41) is 17.0. The normalized spacial score (nSPS) is 10.8. The van der Waals surface area contributed by atoms with E-state index < -0.39 is 21.7 Å². The molecular formula is C11H12N2O4S. The summed E-state index contributed by atoms with van der Waals surface area (Å²) in [6.07, 6.45) is 0.435. The van der Waals surface area contributed by atoms with Gasteiger partial charge in [-0.3, -0.25) is 0 Å². The molecule has 1 rings (SSSR count). The number of carbonyl (C=O) groups is 1. The molecule has 0 aliphatic carbocycles. The number of nitrogens with one attached hydrogen (secondary N) is 1. The molecule has 0 spiro atoms. The lowest BCUT2D eigenvalue weighted by Gasteiger charge is -2.04. The number of rotatable bonds is 6. The first-order chi connectivity index (χ1) is 8.44. The predicted octanol–water partition coefficient (Wildman–Crippen LogP) is 0.370. The fraction of sp³-hybridized carbons (Fsp3) is 0.273. The second-order valence-electron chi connectivity index (χ2n) is 3.56. The van der Waals surface area contributed by atoms with Crippen molar-refractivity contribution in [3.05, 3.63) is 35.4 Å². The van der Waals surface area contributed by atoms with Crippen molar-refractivity contribution in [3.8, 4) is 6.07 Å². The maximum absolute atomic E-state index is 11.2. The molecular weight excluding hydrogens is 256 g/mol. The fourth-order valence-electron chi connectivity index (χ4n) is 1.30. The summed E-state index contributed by atoms with van der Waals surface area (Å²) in [6.45, 7) is 0.177. The lowest BCUT2D eigenvalue weighted by molar-refractivity contribution is 0.0697. The third-order valence-electron chi connectivity index (χ3n) is 2.19. The second-order valence-corrected chi connectivity index (χ2v) is 5.37. The smallest absolute Gasteiger partial charge is 0.335 e. The van der Waals surface area contributed by atoms with E-state index in [0.717, 1.165) is 5.56 Å². The summed E-state index contributed by atoms with van der Waals surface area (Å²) in [6, 6.07) is 7.73. The quantitative estimate of drug-likeness (QED) is 0.775. The summed E-state index contributed by atoms with van der Waals surface area (Å²) < 4.78 is 24.6. The minimum absolute atomic E-state index is 0.177. The zero-order valence-electron chi connectivity index (χ0n) is 9.46. The van der Waals surface area contributed by atoms with Gasteiger partial charge in [0.15, 0.2) is 5.75 Å². The van der Waals surface area contributed by atoms with E-state index in [9.17, 15) is 13.2 Å². The number of nitrogens with zero attached hydrogens (tertiary/aromatic N) is 1. The van der Waals surface area contributed by atoms with E-state index in [1.54, 1.807) is 18.2 Å². The highest BCUT2D eigenvalue weighted by Gasteiger charge is 2.08. The molecule has 96 valence electrons. The molecule has 0 radical (unpaired) electrons. The van der Waals surface area contributed by atoms with Crippen molar-refractivity contribution in [2.75, 3.05) is 12.3 Å². The van der Waals surface area contributed by atoms with Crippen LogP contribution in [0.3, 0.4) is 0 Å². The molecule has 0 unspecified atom stereocenters. The van der Waals surface area contributed by atoms with Gasteiger partial charge in [-0.1, -0.05) is 12.1 Å². The number of carboxylic acids is 1. The van der Waals surface area contributed by atoms with E-state index in [2.05, 4.69) is 4.72 Å². The van der Waals surface area contributed by atoms with Gasteiger partial charge in [0.05, 0.1) is 11.6 Å². The Balaban J connectivity index is 2.50. The third kappa shape index (κ3) is 4.53. The lowest BCUT2D eigenvalue weighted by Crippen LogP contribution is -2.27. The van der Waals surface area contributed by atoms with Gasteiger partial charge in [-0.15, -0.1) is 0 Å². The molecule has 0 aliphatic rings. The molecule has 0 saturated carbocycles. The first-order valence-corrected chi connectivity index (χ1v) is 6.76. The van der Waals surface area contributed by atoms with Gasteiger partial charge < -0.3 is 5.11 Å². The van der Waals surface area contributed by atoms with Crippen LogP contribution in [0.15, 0.2) is 24.3 Å². The molecule has 6 nitrogen and oxygen atoms in total. The number of nitriles is 1. The van der Waals surface area contributed by atoms with Crippen LogP contribution in [0.5, 0.6) is 0 Å². The minimum atomic E-state index is -3.53. The van der Waals surface area contributed by atoms with Gasteiger partial charge in [-0.25, -0.2) is 17.9 Å². The molecule has 1 aromatic rings. The topological polar surface area (TPSA) is 107 Å². The Morgan fingerprint density at radius 2 is 1.94 bits per heavy atom. The van der Waals surface area contributed by atoms with Crippen molar-refractivity contribution < 1.29 is 18.3 Å². The van der Waals surface area contributed by atoms with Crippen molar-refractivity contribution in [3.63, 3.8) is 0 Å². The second kappa shape index (κ2) is 6.14. The van der Waals surface area contributed by atoms with Crippen LogP contribution < -0.4 is 4.72 Å². The van der Waals surface area contributed by atoms with Crippen molar-refractivity contribution >= 4 is 16.0 Å². The van der Waals surface area contributed by atoms with Crippen LogP contribution in [0.25, 0.3) is 0 Å². The monoisotopic (exact) mass is 268 g/mol. The highest BCUT2D eigenvalue weighted by atomic mass is 32.2. The zero-order valence-corrected chi connectivity index (χ0v) is 10.3. The number of hydrogen-bond acceptors (Lipinski definition) is 4. The van der Waals surface area contributed by atoms with Gasteiger partial charge in [0, 0.05) is 6.54 Å². The molecule has 7 heteroatoms. The molecule has 0 aromatic heterocycles. The number of benzene rings is 1. The average Bonchev–Trinajstić information content (AvgIpc) is 2.29. The molecule has 0 amide bonds. The van der Waals surface area contributed by atoms with Crippen molar-refractivity contribution in [2.24, 2.45) is 0 Å². The highest BCUT2D eigenvalue weighted by molar-refractivity contribution is 7.89. The Morgan fingerprint density at radius 3 is 2.44 bits per heavy atom. The highest BCUT2D eigenvalue weighted by Crippen LogP contribution is 2.04. The molecule has 0 bridgehead atoms. The molecule has 1 aromatic carbocycles. The summed E-state index contributed by atoms with van der Waals surface area (Å²) in [7, 11) is -3.53. The summed E-state index contributed by atoms with van der Waals surface area (Å²) >= 11 is 0. The van der Waals surface area contributed by atoms with Gasteiger partial charge >= 0.3 is 5.97 Å². The first kappa shape index (κ1) is 14.2. The molecule has 0 fully saturated rings. The Bertz CT molecular complexity index is 558. The first-order valence-electron chi connectivity index (χ1n) is 5.11. The standard InChI is InChI=1S/C11H12N2O4S/c12-6-8-18(16,17)13-7-5-9-1-3-10(4-2-9)11(14)15/h1-4,13H,5,7-8H2,(H,14,15). The molecule has 0 aliphatic heterocycles. The number of hydrogen-bond donors (Lipinski definition) is 2. The number of sulfonamides is 1. The summed E-state index contributed by atoms with van der Waals surface area (Å²) in [4.78, 5) is 10.6. The Morgan fingerprint density at radius 1 is 1.33 bits per heavy atom. The Kier molecular flexibility index (Phi) is 4.83. The van der Waals surface area contributed by atoms with Gasteiger partial charge in [-0.05, 0) is 24.1 Å². The maximum atomic E-state index is 11.2. The molecule has 0 saturated heterocycles. The van der Waals surface area contributed by atoms with Crippen LogP contribution >= 0.6 is 0 Å². The molecule has 0 heterocycles. The number of carboxylic acid groups (broad SMARTS) is 1. The fourth-order valence-corrected chi connectivity index (χ4v) is 1.99. The summed E-state index contributed by atoms with van der Waals surface area (Å²) in [5.74, 6) is -1.57. The van der Waals surface area contributed by atoms with E-state index >= 15 is 0 Å². The average molecular weight is 268 g/mol. The maximum Gasteiger partial charge on any atom is 0.335 e. The van der Waals surface area contributed by atoms with Crippen molar-refractivity contribution in [1.82, 2.24) is 4.72 Å². The Labute approximate surface area is 105 Å². The largest absolute Gasteiger partial charge is 0.478 e. The van der Waals surface area contributed by atoms with Gasteiger partial charge in [0.1, 0.15) is 0 Å². The van der Waals surface area contributed by atoms with Crippen molar-refractivity contribution in [1.29, 1.82) is 5.26 Å². The molecule has 18 heavy (non-hydrogen) atoms. The van der Waals surface area contributed by atoms with Gasteiger partial charge in [-0.2, -0.15) is 5.26 Å². The SMILES string of the molecule is N#CCS(=O)(=O)NCCc1ccc(C(=O)O)cc1. The Hall–Kier alpha value is -1.91. The van der Waals surface area contributed by atoms with Crippen LogP contribution in [0.1, 0.15) is 15.9 Å². The number of aromatic carboxylic acids is 1. The molecule has 0 atom stereocenters. The van der Waals surface area contributed by atoms with Crippen LogP contribution in [-0.2, 0) is 16.4 Å². The zero-order chi connectivity index (χ0) is 13.6. The predicted molar refractivity (Wildman–Crippen MR) is 64.5 cm³/mol. The van der Waals surface area contributed by atoms with Gasteiger partial charge in [0.25, 0.3) is 0 Å². The van der Waals surface area contributed by atoms with Crippen LogP contribution in [0.2, 0.25) is 0 Å². The van der Waals surface area contributed by atoms with E-state index in [4.69, 9.17) is 10.4 Å². The van der Waals surface area contributed by atoms with Crippen LogP contribution in [-0.4, -0.2) is 31.8 Å². The third-order valence-corrected chi connectivity index (χ3v) is 3.34. The van der Waals surface area contributed by atoms with E-state index in [1.165, 1.54) is 12.1 Å². The van der Waals surface area contributed by atoms with Crippen LogP contribution in [0.4, 0.5) is 0 Å².